The summed E-state index contributed by atoms with van der Waals surface area (Å²) in [6.45, 7) is 3.96. The summed E-state index contributed by atoms with van der Waals surface area (Å²) in [6, 6.07) is 1.29. The van der Waals surface area contributed by atoms with Crippen LogP contribution < -0.4 is 15.5 Å². The second kappa shape index (κ2) is 9.64. The van der Waals surface area contributed by atoms with Crippen molar-refractivity contribution >= 4 is 35.0 Å². The fraction of sp³-hybridized carbons (Fsp3) is 0.571. The molecular formula is C21H28ClFN6O2S. The summed E-state index contributed by atoms with van der Waals surface area (Å²) in [6.07, 6.45) is 3.97. The third-order valence-corrected chi connectivity index (χ3v) is 7.68. The Labute approximate surface area is 196 Å². The number of nitrogens with two attached hydrogens (primary N) is 1. The van der Waals surface area contributed by atoms with Gasteiger partial charge in [0.15, 0.2) is 5.82 Å². The third-order valence-electron chi connectivity index (χ3n) is 6.23. The third kappa shape index (κ3) is 4.65. The van der Waals surface area contributed by atoms with Crippen LogP contribution in [0.15, 0.2) is 28.4 Å². The molecule has 2 aliphatic rings. The maximum Gasteiger partial charge on any atom is 0.152 e. The van der Waals surface area contributed by atoms with Crippen molar-refractivity contribution < 1.29 is 14.6 Å². The number of rotatable bonds is 7. The van der Waals surface area contributed by atoms with Crippen LogP contribution >= 0.6 is 23.4 Å². The van der Waals surface area contributed by atoms with Gasteiger partial charge in [-0.2, -0.15) is 0 Å². The summed E-state index contributed by atoms with van der Waals surface area (Å²) in [7, 11) is 0. The van der Waals surface area contributed by atoms with Gasteiger partial charge in [-0.25, -0.2) is 19.3 Å². The first-order valence-electron chi connectivity index (χ1n) is 10.7. The summed E-state index contributed by atoms with van der Waals surface area (Å²) in [4.78, 5) is 18.3. The molecule has 0 aliphatic carbocycles. The maximum atomic E-state index is 14.8. The summed E-state index contributed by atoms with van der Waals surface area (Å²) >= 11 is 7.94. The predicted molar refractivity (Wildman–Crippen MR) is 123 cm³/mol. The van der Waals surface area contributed by atoms with Gasteiger partial charge in [-0.15, -0.1) is 0 Å². The molecule has 0 saturated carbocycles. The number of pyridine rings is 1. The molecule has 174 valence electrons. The van der Waals surface area contributed by atoms with E-state index in [-0.39, 0.29) is 19.1 Å². The Kier molecular flexibility index (Phi) is 7.06. The number of aliphatic hydroxyl groups is 2. The highest BCUT2D eigenvalue weighted by molar-refractivity contribution is 7.99. The lowest BCUT2D eigenvalue weighted by Crippen LogP contribution is -2.51. The maximum absolute atomic E-state index is 14.8. The van der Waals surface area contributed by atoms with E-state index in [4.69, 9.17) is 17.3 Å². The fourth-order valence-electron chi connectivity index (χ4n) is 4.05. The Hall–Kier alpha value is -1.72. The highest BCUT2D eigenvalue weighted by atomic mass is 35.5. The highest BCUT2D eigenvalue weighted by Gasteiger charge is 2.38. The van der Waals surface area contributed by atoms with Gasteiger partial charge in [-0.1, -0.05) is 23.4 Å². The zero-order chi connectivity index (χ0) is 22.9. The molecule has 0 aromatic carbocycles. The van der Waals surface area contributed by atoms with Crippen LogP contribution in [-0.4, -0.2) is 69.7 Å². The molecule has 0 radical (unpaired) electrons. The van der Waals surface area contributed by atoms with Gasteiger partial charge in [0.05, 0.1) is 17.8 Å². The normalized spacial score (nSPS) is 19.7. The minimum absolute atomic E-state index is 0.156. The molecule has 0 spiro atoms. The van der Waals surface area contributed by atoms with Crippen molar-refractivity contribution in [3.8, 4) is 0 Å². The van der Waals surface area contributed by atoms with Gasteiger partial charge < -0.3 is 25.7 Å². The van der Waals surface area contributed by atoms with E-state index in [1.54, 1.807) is 19.3 Å². The van der Waals surface area contributed by atoms with E-state index in [2.05, 4.69) is 15.0 Å². The monoisotopic (exact) mass is 482 g/mol. The SMILES string of the molecule is CC(N)C1(F)CCN(c2ncc(Sc3ccnc(N4CC(CO)C4)c3Cl)nc2CO)CC1. The lowest BCUT2D eigenvalue weighted by atomic mass is 9.87. The number of aliphatic hydroxyl groups excluding tert-OH is 2. The molecule has 1 unspecified atom stereocenters. The average molecular weight is 483 g/mol. The first kappa shape index (κ1) is 23.4. The van der Waals surface area contributed by atoms with Crippen molar-refractivity contribution in [3.63, 3.8) is 0 Å². The molecule has 1 atom stereocenters. The molecule has 0 amide bonds. The largest absolute Gasteiger partial charge is 0.396 e. The van der Waals surface area contributed by atoms with E-state index in [1.807, 2.05) is 15.9 Å². The first-order chi connectivity index (χ1) is 15.3. The lowest BCUT2D eigenvalue weighted by Gasteiger charge is -2.39. The van der Waals surface area contributed by atoms with E-state index in [9.17, 15) is 14.6 Å². The van der Waals surface area contributed by atoms with Crippen molar-refractivity contribution in [1.82, 2.24) is 15.0 Å². The van der Waals surface area contributed by atoms with Crippen LogP contribution in [-0.2, 0) is 6.61 Å². The van der Waals surface area contributed by atoms with Crippen LogP contribution in [0.5, 0.6) is 0 Å². The molecule has 2 aromatic heterocycles. The Morgan fingerprint density at radius 2 is 1.97 bits per heavy atom. The standard InChI is InChI=1S/C21H28ClFN6O2S/c1-13(24)21(23)3-6-28(7-4-21)19-15(12-31)27-17(8-26-19)32-16-2-5-25-20(18(16)22)29-9-14(10-29)11-30/h2,5,8,13-14,30-31H,3-4,6-7,9-12,24H2,1H3. The van der Waals surface area contributed by atoms with E-state index in [0.717, 1.165) is 18.0 Å². The number of aromatic nitrogens is 3. The molecule has 2 aromatic rings. The van der Waals surface area contributed by atoms with Gasteiger partial charge in [0.25, 0.3) is 0 Å². The van der Waals surface area contributed by atoms with E-state index in [0.29, 0.717) is 53.3 Å². The second-order valence-corrected chi connectivity index (χ2v) is 9.89. The first-order valence-corrected chi connectivity index (χ1v) is 11.9. The van der Waals surface area contributed by atoms with Crippen LogP contribution in [0, 0.1) is 5.92 Å². The summed E-state index contributed by atoms with van der Waals surface area (Å²) in [5.74, 6) is 1.51. The Morgan fingerprint density at radius 3 is 2.59 bits per heavy atom. The van der Waals surface area contributed by atoms with E-state index < -0.39 is 11.7 Å². The molecule has 4 heterocycles. The van der Waals surface area contributed by atoms with E-state index >= 15 is 0 Å². The van der Waals surface area contributed by atoms with Gasteiger partial charge in [0.1, 0.15) is 22.2 Å². The molecule has 11 heteroatoms. The zero-order valence-electron chi connectivity index (χ0n) is 17.9. The number of piperidine rings is 1. The number of anilines is 2. The minimum Gasteiger partial charge on any atom is -0.396 e. The summed E-state index contributed by atoms with van der Waals surface area (Å²) in [5, 5.41) is 20.3. The number of halogens is 2. The predicted octanol–water partition coefficient (Wildman–Crippen LogP) is 2.25. The number of nitrogens with zero attached hydrogens (tertiary/aromatic N) is 5. The second-order valence-electron chi connectivity index (χ2n) is 8.45. The van der Waals surface area contributed by atoms with Crippen LogP contribution in [0.4, 0.5) is 16.0 Å². The van der Waals surface area contributed by atoms with Crippen molar-refractivity contribution in [2.24, 2.45) is 11.7 Å². The number of hydrogen-bond acceptors (Lipinski definition) is 9. The quantitative estimate of drug-likeness (QED) is 0.547. The van der Waals surface area contributed by atoms with Gasteiger partial charge in [0.2, 0.25) is 0 Å². The molecule has 2 saturated heterocycles. The molecule has 2 aliphatic heterocycles. The summed E-state index contributed by atoms with van der Waals surface area (Å²) < 4.78 is 14.8. The van der Waals surface area contributed by atoms with Crippen molar-refractivity contribution in [3.05, 3.63) is 29.2 Å². The van der Waals surface area contributed by atoms with E-state index in [1.165, 1.54) is 11.8 Å². The topological polar surface area (TPSA) is 112 Å². The minimum atomic E-state index is -1.37. The summed E-state index contributed by atoms with van der Waals surface area (Å²) in [5.41, 5.74) is 4.88. The Morgan fingerprint density at radius 1 is 1.25 bits per heavy atom. The van der Waals surface area contributed by atoms with Crippen molar-refractivity contribution in [2.45, 2.75) is 48.0 Å². The Bertz CT molecular complexity index is 954. The lowest BCUT2D eigenvalue weighted by molar-refractivity contribution is 0.0982. The fourth-order valence-corrected chi connectivity index (χ4v) is 5.20. The number of hydrogen-bond donors (Lipinski definition) is 3. The highest BCUT2D eigenvalue weighted by Crippen LogP contribution is 2.39. The molecule has 2 fully saturated rings. The van der Waals surface area contributed by atoms with Crippen LogP contribution in [0.25, 0.3) is 0 Å². The molecule has 32 heavy (non-hydrogen) atoms. The smallest absolute Gasteiger partial charge is 0.152 e. The van der Waals surface area contributed by atoms with Gasteiger partial charge >= 0.3 is 0 Å². The van der Waals surface area contributed by atoms with Crippen molar-refractivity contribution in [2.75, 3.05) is 42.6 Å². The van der Waals surface area contributed by atoms with Crippen molar-refractivity contribution in [1.29, 1.82) is 0 Å². The van der Waals surface area contributed by atoms with Crippen LogP contribution in [0.3, 0.4) is 0 Å². The molecular weight excluding hydrogens is 455 g/mol. The molecule has 8 nitrogen and oxygen atoms in total. The van der Waals surface area contributed by atoms with Gasteiger partial charge in [-0.3, -0.25) is 0 Å². The molecule has 0 bridgehead atoms. The van der Waals surface area contributed by atoms with Crippen LogP contribution in [0.2, 0.25) is 5.02 Å². The van der Waals surface area contributed by atoms with Gasteiger partial charge in [0, 0.05) is 68.7 Å². The van der Waals surface area contributed by atoms with Gasteiger partial charge in [-0.05, 0) is 13.0 Å². The zero-order valence-corrected chi connectivity index (χ0v) is 19.5. The molecule has 4 N–H and O–H groups in total. The average Bonchev–Trinajstić information content (AvgIpc) is 2.76. The van der Waals surface area contributed by atoms with Crippen LogP contribution in [0.1, 0.15) is 25.5 Å². The molecule has 4 rings (SSSR count). The Balaban J connectivity index is 1.48. The number of alkyl halides is 1.